The molecule has 15 heavy (non-hydrogen) atoms. The van der Waals surface area contributed by atoms with Gasteiger partial charge in [-0.3, -0.25) is 4.79 Å². The van der Waals surface area contributed by atoms with E-state index in [9.17, 15) is 18.4 Å². The summed E-state index contributed by atoms with van der Waals surface area (Å²) in [6.45, 7) is 1.01. The van der Waals surface area contributed by atoms with Gasteiger partial charge in [0, 0.05) is 12.5 Å². The Morgan fingerprint density at radius 1 is 1.40 bits per heavy atom. The van der Waals surface area contributed by atoms with Crippen molar-refractivity contribution in [3.63, 3.8) is 0 Å². The summed E-state index contributed by atoms with van der Waals surface area (Å²) < 4.78 is 26.1. The standard InChI is InChI=1S/C9H8F2O4/c1-9(8(14)15)3-4(7(12)13)5(10)2-6(9)11/h2H,3H2,1H3,(H,12,13)(H,14,15). The number of carboxylic acid groups (broad SMARTS) is 2. The molecule has 4 nitrogen and oxygen atoms in total. The van der Waals surface area contributed by atoms with Gasteiger partial charge in [0.25, 0.3) is 0 Å². The first-order chi connectivity index (χ1) is 6.79. The minimum absolute atomic E-state index is 0.307. The number of rotatable bonds is 2. The molecule has 0 saturated carbocycles. The quantitative estimate of drug-likeness (QED) is 0.738. The molecule has 6 heteroatoms. The number of allylic oxidation sites excluding steroid dienone is 2. The molecule has 0 aliphatic heterocycles. The van der Waals surface area contributed by atoms with Gasteiger partial charge >= 0.3 is 11.9 Å². The minimum atomic E-state index is -2.00. The topological polar surface area (TPSA) is 74.6 Å². The summed E-state index contributed by atoms with van der Waals surface area (Å²) in [7, 11) is 0. The van der Waals surface area contributed by atoms with E-state index in [0.717, 1.165) is 6.92 Å². The zero-order chi connectivity index (χ0) is 11.8. The highest BCUT2D eigenvalue weighted by Crippen LogP contribution is 2.41. The van der Waals surface area contributed by atoms with E-state index in [4.69, 9.17) is 10.2 Å². The first-order valence-corrected chi connectivity index (χ1v) is 4.02. The fourth-order valence-corrected chi connectivity index (χ4v) is 1.24. The average molecular weight is 218 g/mol. The average Bonchev–Trinajstić information content (AvgIpc) is 2.10. The maximum Gasteiger partial charge on any atom is 0.334 e. The Bertz CT molecular complexity index is 397. The Morgan fingerprint density at radius 3 is 2.33 bits per heavy atom. The van der Waals surface area contributed by atoms with Crippen LogP contribution in [0.4, 0.5) is 8.78 Å². The summed E-state index contributed by atoms with van der Waals surface area (Å²) in [4.78, 5) is 21.3. The number of aliphatic carboxylic acids is 2. The van der Waals surface area contributed by atoms with Crippen molar-refractivity contribution in [1.29, 1.82) is 0 Å². The van der Waals surface area contributed by atoms with Crippen molar-refractivity contribution in [2.75, 3.05) is 0 Å². The van der Waals surface area contributed by atoms with Crippen molar-refractivity contribution in [2.45, 2.75) is 13.3 Å². The van der Waals surface area contributed by atoms with E-state index in [1.807, 2.05) is 0 Å². The van der Waals surface area contributed by atoms with E-state index < -0.39 is 41.0 Å². The van der Waals surface area contributed by atoms with Gasteiger partial charge in [-0.05, 0) is 6.92 Å². The molecule has 0 bridgehead atoms. The molecule has 0 heterocycles. The second-order valence-corrected chi connectivity index (χ2v) is 3.44. The molecule has 0 saturated heterocycles. The molecule has 0 fully saturated rings. The van der Waals surface area contributed by atoms with Crippen LogP contribution in [-0.4, -0.2) is 22.2 Å². The highest BCUT2D eigenvalue weighted by atomic mass is 19.1. The highest BCUT2D eigenvalue weighted by molar-refractivity contribution is 5.91. The third-order valence-electron chi connectivity index (χ3n) is 2.33. The Balaban J connectivity index is 3.23. The second-order valence-electron chi connectivity index (χ2n) is 3.44. The van der Waals surface area contributed by atoms with Crippen molar-refractivity contribution < 1.29 is 28.6 Å². The summed E-state index contributed by atoms with van der Waals surface area (Å²) in [5.74, 6) is -5.53. The van der Waals surface area contributed by atoms with Gasteiger partial charge in [-0.1, -0.05) is 0 Å². The number of carboxylic acids is 2. The third kappa shape index (κ3) is 1.74. The largest absolute Gasteiger partial charge is 0.481 e. The molecule has 0 aromatic rings. The van der Waals surface area contributed by atoms with Crippen molar-refractivity contribution in [1.82, 2.24) is 0 Å². The van der Waals surface area contributed by atoms with Crippen LogP contribution in [0, 0.1) is 5.41 Å². The van der Waals surface area contributed by atoms with Gasteiger partial charge in [0.05, 0.1) is 5.57 Å². The fraction of sp³-hybridized carbons (Fsp3) is 0.333. The van der Waals surface area contributed by atoms with Crippen LogP contribution < -0.4 is 0 Å². The zero-order valence-corrected chi connectivity index (χ0v) is 7.75. The molecular formula is C9H8F2O4. The minimum Gasteiger partial charge on any atom is -0.481 e. The molecule has 0 amide bonds. The molecule has 0 aromatic carbocycles. The van der Waals surface area contributed by atoms with Gasteiger partial charge in [-0.25, -0.2) is 13.6 Å². The number of hydrogen-bond acceptors (Lipinski definition) is 2. The lowest BCUT2D eigenvalue weighted by Crippen LogP contribution is -2.32. The van der Waals surface area contributed by atoms with Gasteiger partial charge in [0.1, 0.15) is 17.1 Å². The van der Waals surface area contributed by atoms with Crippen molar-refractivity contribution in [3.8, 4) is 0 Å². The smallest absolute Gasteiger partial charge is 0.334 e. The molecule has 2 N–H and O–H groups in total. The molecule has 1 unspecified atom stereocenters. The normalized spacial score (nSPS) is 26.2. The van der Waals surface area contributed by atoms with E-state index in [2.05, 4.69) is 0 Å². The lowest BCUT2D eigenvalue weighted by atomic mass is 9.78. The van der Waals surface area contributed by atoms with Gasteiger partial charge in [-0.2, -0.15) is 0 Å². The molecule has 82 valence electrons. The fourth-order valence-electron chi connectivity index (χ4n) is 1.24. The van der Waals surface area contributed by atoms with Crippen LogP contribution >= 0.6 is 0 Å². The van der Waals surface area contributed by atoms with Crippen LogP contribution in [0.25, 0.3) is 0 Å². The van der Waals surface area contributed by atoms with Crippen LogP contribution in [0.5, 0.6) is 0 Å². The van der Waals surface area contributed by atoms with Crippen LogP contribution in [-0.2, 0) is 9.59 Å². The Morgan fingerprint density at radius 2 is 1.93 bits per heavy atom. The van der Waals surface area contributed by atoms with Gasteiger partial charge in [0.15, 0.2) is 0 Å². The van der Waals surface area contributed by atoms with E-state index in [1.165, 1.54) is 0 Å². The summed E-state index contributed by atoms with van der Waals surface area (Å²) in [6.07, 6.45) is -0.396. The molecule has 0 spiro atoms. The molecule has 1 rings (SSSR count). The molecule has 0 aromatic heterocycles. The SMILES string of the molecule is CC1(C(=O)O)CC(C(=O)O)=C(F)C=C1F. The summed E-state index contributed by atoms with van der Waals surface area (Å²) >= 11 is 0. The number of hydrogen-bond donors (Lipinski definition) is 2. The van der Waals surface area contributed by atoms with Gasteiger partial charge in [0.2, 0.25) is 0 Å². The summed E-state index contributed by atoms with van der Waals surface area (Å²) in [5.41, 5.74) is -2.72. The van der Waals surface area contributed by atoms with Crippen LogP contribution in [0.3, 0.4) is 0 Å². The van der Waals surface area contributed by atoms with E-state index in [-0.39, 0.29) is 0 Å². The first-order valence-electron chi connectivity index (χ1n) is 4.02. The Hall–Kier alpha value is -1.72. The zero-order valence-electron chi connectivity index (χ0n) is 7.75. The maximum absolute atomic E-state index is 13.2. The van der Waals surface area contributed by atoms with Gasteiger partial charge in [-0.15, -0.1) is 0 Å². The van der Waals surface area contributed by atoms with E-state index >= 15 is 0 Å². The number of halogens is 2. The van der Waals surface area contributed by atoms with Crippen molar-refractivity contribution >= 4 is 11.9 Å². The van der Waals surface area contributed by atoms with Crippen molar-refractivity contribution in [2.24, 2.45) is 5.41 Å². The Labute approximate surface area is 83.5 Å². The lowest BCUT2D eigenvalue weighted by molar-refractivity contribution is -0.146. The lowest BCUT2D eigenvalue weighted by Gasteiger charge is -2.26. The molecule has 1 aliphatic rings. The summed E-state index contributed by atoms with van der Waals surface area (Å²) in [5, 5.41) is 17.3. The predicted molar refractivity (Wildman–Crippen MR) is 45.3 cm³/mol. The monoisotopic (exact) mass is 218 g/mol. The second kappa shape index (κ2) is 3.45. The van der Waals surface area contributed by atoms with Crippen molar-refractivity contribution in [3.05, 3.63) is 23.3 Å². The summed E-state index contributed by atoms with van der Waals surface area (Å²) in [6, 6.07) is 0. The first kappa shape index (κ1) is 11.4. The molecule has 1 atom stereocenters. The van der Waals surface area contributed by atoms with E-state index in [0.29, 0.717) is 6.08 Å². The molecule has 0 radical (unpaired) electrons. The highest BCUT2D eigenvalue weighted by Gasteiger charge is 2.44. The molecular weight excluding hydrogens is 210 g/mol. The van der Waals surface area contributed by atoms with Gasteiger partial charge < -0.3 is 10.2 Å². The van der Waals surface area contributed by atoms with Crippen LogP contribution in [0.2, 0.25) is 0 Å². The molecule has 1 aliphatic carbocycles. The third-order valence-corrected chi connectivity index (χ3v) is 2.33. The van der Waals surface area contributed by atoms with Crippen LogP contribution in [0.1, 0.15) is 13.3 Å². The van der Waals surface area contributed by atoms with Crippen LogP contribution in [0.15, 0.2) is 23.3 Å². The Kier molecular flexibility index (Phi) is 2.61. The predicted octanol–water partition coefficient (Wildman–Crippen LogP) is 1.64. The maximum atomic E-state index is 13.2. The number of carbonyl (C=O) groups is 2. The van der Waals surface area contributed by atoms with E-state index in [1.54, 1.807) is 0 Å².